The van der Waals surface area contributed by atoms with Crippen molar-refractivity contribution in [1.82, 2.24) is 14.8 Å². The highest BCUT2D eigenvalue weighted by Crippen LogP contribution is 2.35. The number of aromatic nitrogens is 3. The molecule has 188 valence electrons. The number of hydrogen-bond acceptors (Lipinski definition) is 5. The fraction of sp³-hybridized carbons (Fsp3) is 0.464. The van der Waals surface area contributed by atoms with Gasteiger partial charge in [0, 0.05) is 36.7 Å². The molecule has 0 unspecified atom stereocenters. The molecular formula is C28H32FN5O2. The first-order valence-electron chi connectivity index (χ1n) is 12.5. The molecule has 0 spiro atoms. The lowest BCUT2D eigenvalue weighted by molar-refractivity contribution is -0.123. The Bertz CT molecular complexity index is 1350. The van der Waals surface area contributed by atoms with Crippen molar-refractivity contribution in [1.29, 1.82) is 5.26 Å². The van der Waals surface area contributed by atoms with Crippen LogP contribution in [0.1, 0.15) is 69.5 Å². The normalized spacial score (nSPS) is 17.8. The predicted octanol–water partition coefficient (Wildman–Crippen LogP) is 5.82. The van der Waals surface area contributed by atoms with Gasteiger partial charge in [-0.3, -0.25) is 14.3 Å². The number of hydrogen-bond donors (Lipinski definition) is 1. The second kappa shape index (κ2) is 10.6. The Morgan fingerprint density at radius 2 is 2.06 bits per heavy atom. The number of ketones is 1. The number of fused-ring (bicyclic) bond motifs is 1. The van der Waals surface area contributed by atoms with Crippen LogP contribution in [0, 0.1) is 35.9 Å². The Kier molecular flexibility index (Phi) is 7.48. The van der Waals surface area contributed by atoms with E-state index in [0.717, 1.165) is 41.5 Å². The Labute approximate surface area is 210 Å². The van der Waals surface area contributed by atoms with E-state index in [1.807, 2.05) is 26.1 Å². The molecule has 1 aliphatic rings. The summed E-state index contributed by atoms with van der Waals surface area (Å²) in [5.41, 5.74) is 3.69. The molecule has 8 heteroatoms. The van der Waals surface area contributed by atoms with Crippen molar-refractivity contribution >= 4 is 28.4 Å². The van der Waals surface area contributed by atoms with Crippen LogP contribution >= 0.6 is 0 Å². The Hall–Kier alpha value is -3.60. The van der Waals surface area contributed by atoms with Crippen molar-refractivity contribution in [3.05, 3.63) is 41.5 Å². The second-order valence-electron chi connectivity index (χ2n) is 10.2. The van der Waals surface area contributed by atoms with Crippen LogP contribution in [0.15, 0.2) is 24.4 Å². The van der Waals surface area contributed by atoms with Gasteiger partial charge in [0.15, 0.2) is 5.82 Å². The number of carbonyl (C=O) groups excluding carboxylic acids is 2. The van der Waals surface area contributed by atoms with Crippen molar-refractivity contribution in [3.8, 4) is 17.2 Å². The van der Waals surface area contributed by atoms with Gasteiger partial charge < -0.3 is 5.32 Å². The molecule has 4 rings (SSSR count). The average molecular weight is 490 g/mol. The number of carbonyl (C=O) groups is 2. The lowest BCUT2D eigenvalue weighted by atomic mass is 9.78. The van der Waals surface area contributed by atoms with Gasteiger partial charge in [-0.2, -0.15) is 10.4 Å². The Balaban J connectivity index is 1.56. The molecule has 2 heterocycles. The summed E-state index contributed by atoms with van der Waals surface area (Å²) in [7, 11) is 1.83. The van der Waals surface area contributed by atoms with E-state index in [1.54, 1.807) is 16.9 Å². The molecule has 1 aliphatic carbocycles. The highest BCUT2D eigenvalue weighted by atomic mass is 19.1. The number of anilines is 1. The molecule has 1 aromatic carbocycles. The van der Waals surface area contributed by atoms with E-state index in [0.29, 0.717) is 29.7 Å². The lowest BCUT2D eigenvalue weighted by Crippen LogP contribution is -2.29. The standard InChI is InChI=1S/C28H32FN5O2/c1-16(2)27-23-12-20(13-24(29)26(23)33-34(27)4)22-14-25(31-15-17(22)3)32-28(36)19-7-5-6-18(10-19)11-21(35)8-9-30/h12-16,18-19H,5-8,10-11H2,1-4H3,(H,31,32,36)/t18-,19+/m1/s1. The number of benzene rings is 1. The van der Waals surface area contributed by atoms with E-state index in [-0.39, 0.29) is 41.7 Å². The Morgan fingerprint density at radius 1 is 1.28 bits per heavy atom. The van der Waals surface area contributed by atoms with Crippen LogP contribution in [0.5, 0.6) is 0 Å². The molecule has 2 aromatic heterocycles. The van der Waals surface area contributed by atoms with E-state index >= 15 is 4.39 Å². The number of nitrogens with zero attached hydrogens (tertiary/aromatic N) is 4. The van der Waals surface area contributed by atoms with Crippen LogP contribution in [0.3, 0.4) is 0 Å². The molecule has 7 nitrogen and oxygen atoms in total. The topological polar surface area (TPSA) is 101 Å². The maximum Gasteiger partial charge on any atom is 0.228 e. The molecule has 1 saturated carbocycles. The van der Waals surface area contributed by atoms with E-state index < -0.39 is 0 Å². The fourth-order valence-corrected chi connectivity index (χ4v) is 5.44. The summed E-state index contributed by atoms with van der Waals surface area (Å²) in [5.74, 6) is -0.0515. The molecule has 0 bridgehead atoms. The van der Waals surface area contributed by atoms with Crippen LogP contribution in [-0.4, -0.2) is 26.5 Å². The van der Waals surface area contributed by atoms with Crippen molar-refractivity contribution in [3.63, 3.8) is 0 Å². The van der Waals surface area contributed by atoms with Crippen LogP contribution in [0.2, 0.25) is 0 Å². The first kappa shape index (κ1) is 25.5. The zero-order valence-electron chi connectivity index (χ0n) is 21.3. The fourth-order valence-electron chi connectivity index (χ4n) is 5.44. The van der Waals surface area contributed by atoms with E-state index in [2.05, 4.69) is 29.2 Å². The maximum atomic E-state index is 15.0. The molecule has 36 heavy (non-hydrogen) atoms. The predicted molar refractivity (Wildman–Crippen MR) is 137 cm³/mol. The average Bonchev–Trinajstić information content (AvgIpc) is 3.17. The SMILES string of the molecule is Cc1cnc(NC(=O)[C@H]2CCC[C@@H](CC(=O)CC#N)C2)cc1-c1cc(F)c2nn(C)c(C(C)C)c2c1. The van der Waals surface area contributed by atoms with Crippen LogP contribution in [-0.2, 0) is 16.6 Å². The smallest absolute Gasteiger partial charge is 0.228 e. The van der Waals surface area contributed by atoms with Crippen molar-refractivity contribution in [2.24, 2.45) is 18.9 Å². The third-order valence-electron chi connectivity index (χ3n) is 7.10. The molecule has 1 N–H and O–H groups in total. The van der Waals surface area contributed by atoms with Crippen LogP contribution in [0.25, 0.3) is 22.0 Å². The molecule has 0 aliphatic heterocycles. The van der Waals surface area contributed by atoms with Gasteiger partial charge in [0.25, 0.3) is 0 Å². The lowest BCUT2D eigenvalue weighted by Gasteiger charge is -2.27. The first-order chi connectivity index (χ1) is 17.2. The zero-order valence-corrected chi connectivity index (χ0v) is 21.3. The summed E-state index contributed by atoms with van der Waals surface area (Å²) in [6, 6.07) is 7.13. The van der Waals surface area contributed by atoms with Gasteiger partial charge in [0.2, 0.25) is 5.91 Å². The third-order valence-corrected chi connectivity index (χ3v) is 7.10. The number of amides is 1. The molecule has 1 fully saturated rings. The van der Waals surface area contributed by atoms with E-state index in [1.165, 1.54) is 6.07 Å². The summed E-state index contributed by atoms with van der Waals surface area (Å²) in [5, 5.41) is 16.8. The van der Waals surface area contributed by atoms with Crippen molar-refractivity contribution in [2.75, 3.05) is 5.32 Å². The number of halogens is 1. The quantitative estimate of drug-likeness (QED) is 0.450. The van der Waals surface area contributed by atoms with Gasteiger partial charge in [0.1, 0.15) is 17.1 Å². The molecule has 2 atom stereocenters. The monoisotopic (exact) mass is 489 g/mol. The van der Waals surface area contributed by atoms with Crippen LogP contribution < -0.4 is 5.32 Å². The number of pyridine rings is 1. The number of aryl methyl sites for hydroxylation is 2. The number of nitrogens with one attached hydrogen (secondary N) is 1. The minimum atomic E-state index is -0.383. The number of Topliss-reactive ketones (excluding diaryl/α,β-unsaturated/α-hetero) is 1. The molecule has 0 radical (unpaired) electrons. The molecular weight excluding hydrogens is 457 g/mol. The highest BCUT2D eigenvalue weighted by molar-refractivity contribution is 5.93. The summed E-state index contributed by atoms with van der Waals surface area (Å²) < 4.78 is 16.8. The maximum absolute atomic E-state index is 15.0. The van der Waals surface area contributed by atoms with Crippen LogP contribution in [0.4, 0.5) is 10.2 Å². The van der Waals surface area contributed by atoms with Gasteiger partial charge in [-0.25, -0.2) is 9.37 Å². The summed E-state index contributed by atoms with van der Waals surface area (Å²) in [4.78, 5) is 29.3. The van der Waals surface area contributed by atoms with Gasteiger partial charge in [-0.1, -0.05) is 20.3 Å². The van der Waals surface area contributed by atoms with Gasteiger partial charge in [0.05, 0.1) is 12.5 Å². The van der Waals surface area contributed by atoms with Gasteiger partial charge in [-0.05, 0) is 72.9 Å². The summed E-state index contributed by atoms with van der Waals surface area (Å²) in [6.45, 7) is 6.02. The molecule has 3 aromatic rings. The summed E-state index contributed by atoms with van der Waals surface area (Å²) in [6.07, 6.45) is 5.12. The Morgan fingerprint density at radius 3 is 2.78 bits per heavy atom. The second-order valence-corrected chi connectivity index (χ2v) is 10.2. The van der Waals surface area contributed by atoms with Gasteiger partial charge in [-0.15, -0.1) is 0 Å². The van der Waals surface area contributed by atoms with Crippen molar-refractivity contribution < 1.29 is 14.0 Å². The van der Waals surface area contributed by atoms with Gasteiger partial charge >= 0.3 is 0 Å². The third kappa shape index (κ3) is 5.30. The largest absolute Gasteiger partial charge is 0.310 e. The van der Waals surface area contributed by atoms with Crippen molar-refractivity contribution in [2.45, 2.75) is 65.2 Å². The highest BCUT2D eigenvalue weighted by Gasteiger charge is 2.29. The minimum Gasteiger partial charge on any atom is -0.310 e. The molecule has 0 saturated heterocycles. The van der Waals surface area contributed by atoms with E-state index in [4.69, 9.17) is 5.26 Å². The summed E-state index contributed by atoms with van der Waals surface area (Å²) >= 11 is 0. The first-order valence-corrected chi connectivity index (χ1v) is 12.5. The zero-order chi connectivity index (χ0) is 26.0. The number of nitriles is 1. The van der Waals surface area contributed by atoms with E-state index in [9.17, 15) is 9.59 Å². The number of rotatable bonds is 7. The molecule has 1 amide bonds. The minimum absolute atomic E-state index is 0.0631.